The van der Waals surface area contributed by atoms with Crippen LogP contribution < -0.4 is 4.74 Å². The largest absolute Gasteiger partial charge is 0.497 e. The van der Waals surface area contributed by atoms with Gasteiger partial charge in [-0.3, -0.25) is 9.78 Å². The van der Waals surface area contributed by atoms with Crippen LogP contribution in [0.3, 0.4) is 0 Å². The first-order chi connectivity index (χ1) is 12.0. The number of hydrogen-bond donors (Lipinski definition) is 0. The fraction of sp³-hybridized carbons (Fsp3) is 0.238. The highest BCUT2D eigenvalue weighted by Gasteiger charge is 2.21. The molecule has 1 unspecified atom stereocenters. The van der Waals surface area contributed by atoms with Crippen LogP contribution in [0.5, 0.6) is 5.75 Å². The van der Waals surface area contributed by atoms with E-state index in [1.807, 2.05) is 75.5 Å². The van der Waals surface area contributed by atoms with Gasteiger partial charge in [0.2, 0.25) is 0 Å². The number of amides is 1. The molecule has 4 nitrogen and oxygen atoms in total. The molecule has 0 saturated carbocycles. The summed E-state index contributed by atoms with van der Waals surface area (Å²) >= 11 is 0. The summed E-state index contributed by atoms with van der Waals surface area (Å²) in [6.45, 7) is 3.94. The molecule has 3 aromatic rings. The van der Waals surface area contributed by atoms with E-state index in [2.05, 4.69) is 4.98 Å². The summed E-state index contributed by atoms with van der Waals surface area (Å²) in [6.07, 6.45) is 0. The molecule has 0 radical (unpaired) electrons. The van der Waals surface area contributed by atoms with Gasteiger partial charge >= 0.3 is 0 Å². The molecule has 0 aliphatic heterocycles. The maximum atomic E-state index is 13.1. The molecule has 1 atom stereocenters. The number of methoxy groups -OCH3 is 1. The van der Waals surface area contributed by atoms with Crippen LogP contribution in [0.25, 0.3) is 10.9 Å². The van der Waals surface area contributed by atoms with Gasteiger partial charge in [0.25, 0.3) is 5.91 Å². The number of nitrogens with zero attached hydrogens (tertiary/aromatic N) is 2. The van der Waals surface area contributed by atoms with E-state index in [0.717, 1.165) is 27.9 Å². The Labute approximate surface area is 148 Å². The summed E-state index contributed by atoms with van der Waals surface area (Å²) in [5.74, 6) is 0.797. The van der Waals surface area contributed by atoms with Gasteiger partial charge in [0.05, 0.1) is 24.2 Å². The third kappa shape index (κ3) is 3.33. The lowest BCUT2D eigenvalue weighted by Gasteiger charge is -2.26. The lowest BCUT2D eigenvalue weighted by Crippen LogP contribution is -2.30. The van der Waals surface area contributed by atoms with Crippen molar-refractivity contribution >= 4 is 16.8 Å². The summed E-state index contributed by atoms with van der Waals surface area (Å²) in [6, 6.07) is 17.4. The third-order valence-electron chi connectivity index (χ3n) is 4.57. The van der Waals surface area contributed by atoms with E-state index in [1.165, 1.54) is 0 Å². The number of ether oxygens (including phenoxy) is 1. The van der Waals surface area contributed by atoms with E-state index in [0.29, 0.717) is 5.56 Å². The summed E-state index contributed by atoms with van der Waals surface area (Å²) in [5, 5.41) is 0.881. The van der Waals surface area contributed by atoms with Crippen LogP contribution in [0.4, 0.5) is 0 Å². The van der Waals surface area contributed by atoms with Crippen LogP contribution in [-0.4, -0.2) is 29.9 Å². The lowest BCUT2D eigenvalue weighted by molar-refractivity contribution is 0.0744. The Kier molecular flexibility index (Phi) is 4.70. The van der Waals surface area contributed by atoms with Crippen molar-refractivity contribution < 1.29 is 9.53 Å². The number of rotatable bonds is 4. The number of pyridine rings is 1. The van der Waals surface area contributed by atoms with Gasteiger partial charge in [-0.15, -0.1) is 0 Å². The van der Waals surface area contributed by atoms with Crippen LogP contribution in [0.2, 0.25) is 0 Å². The molecule has 0 N–H and O–H groups in total. The number of benzene rings is 2. The zero-order chi connectivity index (χ0) is 18.0. The minimum atomic E-state index is -0.0503. The number of para-hydroxylation sites is 1. The number of carbonyl (C=O) groups is 1. The van der Waals surface area contributed by atoms with Gasteiger partial charge in [-0.25, -0.2) is 0 Å². The Morgan fingerprint density at radius 2 is 1.80 bits per heavy atom. The first kappa shape index (κ1) is 17.0. The van der Waals surface area contributed by atoms with Gasteiger partial charge in [0.1, 0.15) is 5.75 Å². The predicted molar refractivity (Wildman–Crippen MR) is 100.0 cm³/mol. The maximum Gasteiger partial charge on any atom is 0.254 e. The number of carbonyl (C=O) groups excluding carboxylic acids is 1. The van der Waals surface area contributed by atoms with Crippen molar-refractivity contribution in [2.75, 3.05) is 14.2 Å². The monoisotopic (exact) mass is 334 g/mol. The van der Waals surface area contributed by atoms with Crippen LogP contribution in [0.15, 0.2) is 54.6 Å². The van der Waals surface area contributed by atoms with E-state index >= 15 is 0 Å². The van der Waals surface area contributed by atoms with E-state index < -0.39 is 0 Å². The number of fused-ring (bicyclic) bond motifs is 1. The number of aromatic nitrogens is 1. The minimum absolute atomic E-state index is 0.00924. The van der Waals surface area contributed by atoms with Crippen molar-refractivity contribution in [1.82, 2.24) is 9.88 Å². The Hall–Kier alpha value is -2.88. The third-order valence-corrected chi connectivity index (χ3v) is 4.57. The second-order valence-electron chi connectivity index (χ2n) is 6.19. The highest BCUT2D eigenvalue weighted by atomic mass is 16.5. The van der Waals surface area contributed by atoms with Crippen molar-refractivity contribution in [3.05, 3.63) is 71.4 Å². The van der Waals surface area contributed by atoms with E-state index in [4.69, 9.17) is 4.74 Å². The first-order valence-corrected chi connectivity index (χ1v) is 8.28. The Morgan fingerprint density at radius 3 is 2.48 bits per heavy atom. The molecule has 25 heavy (non-hydrogen) atoms. The van der Waals surface area contributed by atoms with Crippen LogP contribution in [0.1, 0.15) is 34.6 Å². The molecule has 2 aromatic carbocycles. The molecule has 0 aliphatic carbocycles. The average molecular weight is 334 g/mol. The van der Waals surface area contributed by atoms with Gasteiger partial charge < -0.3 is 9.64 Å². The first-order valence-electron chi connectivity index (χ1n) is 8.28. The Morgan fingerprint density at radius 1 is 1.12 bits per heavy atom. The summed E-state index contributed by atoms with van der Waals surface area (Å²) in [7, 11) is 3.48. The average Bonchev–Trinajstić information content (AvgIpc) is 2.65. The summed E-state index contributed by atoms with van der Waals surface area (Å²) in [5.41, 5.74) is 3.43. The van der Waals surface area contributed by atoms with Gasteiger partial charge in [-0.2, -0.15) is 0 Å². The second kappa shape index (κ2) is 6.93. The van der Waals surface area contributed by atoms with Crippen LogP contribution in [0, 0.1) is 6.92 Å². The second-order valence-corrected chi connectivity index (χ2v) is 6.19. The Balaban J connectivity index is 1.94. The van der Waals surface area contributed by atoms with E-state index in [1.54, 1.807) is 12.0 Å². The quantitative estimate of drug-likeness (QED) is 0.711. The van der Waals surface area contributed by atoms with Gasteiger partial charge in [-0.05, 0) is 43.7 Å². The van der Waals surface area contributed by atoms with Gasteiger partial charge in [0.15, 0.2) is 0 Å². The highest BCUT2D eigenvalue weighted by Crippen LogP contribution is 2.25. The molecule has 0 spiro atoms. The molecule has 3 rings (SSSR count). The molecule has 128 valence electrons. The minimum Gasteiger partial charge on any atom is -0.497 e. The molecule has 1 heterocycles. The smallest absolute Gasteiger partial charge is 0.254 e. The van der Waals surface area contributed by atoms with Crippen molar-refractivity contribution in [2.45, 2.75) is 19.9 Å². The molecule has 1 aromatic heterocycles. The standard InChI is InChI=1S/C21H22N2O2/c1-14-13-19(18-7-5-6-8-20(18)22-14)21(24)23(3)15(2)16-9-11-17(25-4)12-10-16/h5-13,15H,1-4H3. The van der Waals surface area contributed by atoms with Crippen LogP contribution in [-0.2, 0) is 0 Å². The molecule has 0 fully saturated rings. The molecule has 0 saturated heterocycles. The zero-order valence-corrected chi connectivity index (χ0v) is 15.0. The van der Waals surface area contributed by atoms with E-state index in [9.17, 15) is 4.79 Å². The molecular formula is C21H22N2O2. The molecular weight excluding hydrogens is 312 g/mol. The predicted octanol–water partition coefficient (Wildman–Crippen LogP) is 4.39. The number of aryl methyl sites for hydroxylation is 1. The fourth-order valence-electron chi connectivity index (χ4n) is 2.96. The normalized spacial score (nSPS) is 12.0. The molecule has 0 aliphatic rings. The molecule has 4 heteroatoms. The van der Waals surface area contributed by atoms with Gasteiger partial charge in [0, 0.05) is 18.1 Å². The van der Waals surface area contributed by atoms with Crippen molar-refractivity contribution in [1.29, 1.82) is 0 Å². The zero-order valence-electron chi connectivity index (χ0n) is 15.0. The molecule has 1 amide bonds. The molecule has 0 bridgehead atoms. The van der Waals surface area contributed by atoms with Crippen molar-refractivity contribution in [2.24, 2.45) is 0 Å². The lowest BCUT2D eigenvalue weighted by atomic mass is 10.0. The van der Waals surface area contributed by atoms with Crippen molar-refractivity contribution in [3.8, 4) is 5.75 Å². The highest BCUT2D eigenvalue weighted by molar-refractivity contribution is 6.06. The summed E-state index contributed by atoms with van der Waals surface area (Å²) in [4.78, 5) is 19.4. The SMILES string of the molecule is COc1ccc(C(C)N(C)C(=O)c2cc(C)nc3ccccc23)cc1. The maximum absolute atomic E-state index is 13.1. The Bertz CT molecular complexity index is 903. The summed E-state index contributed by atoms with van der Waals surface area (Å²) < 4.78 is 5.20. The van der Waals surface area contributed by atoms with Gasteiger partial charge in [-0.1, -0.05) is 30.3 Å². The van der Waals surface area contributed by atoms with Crippen molar-refractivity contribution in [3.63, 3.8) is 0 Å². The van der Waals surface area contributed by atoms with E-state index in [-0.39, 0.29) is 11.9 Å². The van der Waals surface area contributed by atoms with Crippen LogP contribution >= 0.6 is 0 Å². The topological polar surface area (TPSA) is 42.4 Å². The fourth-order valence-corrected chi connectivity index (χ4v) is 2.96. The number of hydrogen-bond acceptors (Lipinski definition) is 3.